The normalized spacial score (nSPS) is 22.2. The molecule has 1 saturated carbocycles. The lowest BCUT2D eigenvalue weighted by Gasteiger charge is -2.31. The molecule has 0 bridgehead atoms. The van der Waals surface area contributed by atoms with E-state index in [-0.39, 0.29) is 9.79 Å². The number of nitrogens with zero attached hydrogens (tertiary/aromatic N) is 2. The molecule has 184 valence electrons. The van der Waals surface area contributed by atoms with Crippen molar-refractivity contribution >= 4 is 33.6 Å². The molecule has 0 radical (unpaired) electrons. The van der Waals surface area contributed by atoms with Crippen molar-refractivity contribution in [3.05, 3.63) is 90.0 Å². The number of sulfonamides is 2. The molecule has 1 heterocycles. The van der Waals surface area contributed by atoms with Crippen LogP contribution in [0.5, 0.6) is 0 Å². The van der Waals surface area contributed by atoms with Gasteiger partial charge in [0.1, 0.15) is 8.22 Å². The van der Waals surface area contributed by atoms with Gasteiger partial charge in [-0.25, -0.2) is 16.8 Å². The first-order valence-corrected chi connectivity index (χ1v) is 15.9. The van der Waals surface area contributed by atoms with Gasteiger partial charge in [0, 0.05) is 17.4 Å². The summed E-state index contributed by atoms with van der Waals surface area (Å²) in [6, 6.07) is 22.1. The maximum atomic E-state index is 14.2. The van der Waals surface area contributed by atoms with Crippen molar-refractivity contribution in [1.29, 1.82) is 0 Å². The Labute approximate surface area is 209 Å². The number of hydrogen-bond acceptors (Lipinski definition) is 4. The molecule has 9 heteroatoms. The molecule has 1 aliphatic carbocycles. The van der Waals surface area contributed by atoms with E-state index in [4.69, 9.17) is 0 Å². The van der Waals surface area contributed by atoms with E-state index in [9.17, 15) is 16.8 Å². The molecule has 1 saturated heterocycles. The Morgan fingerprint density at radius 1 is 0.629 bits per heavy atom. The van der Waals surface area contributed by atoms with Crippen molar-refractivity contribution in [2.75, 3.05) is 0 Å². The monoisotopic (exact) mass is 528 g/mol. The highest BCUT2D eigenvalue weighted by Gasteiger charge is 2.58. The summed E-state index contributed by atoms with van der Waals surface area (Å²) < 4.78 is 59.7. The van der Waals surface area contributed by atoms with Crippen molar-refractivity contribution in [3.63, 3.8) is 0 Å². The third-order valence-corrected chi connectivity index (χ3v) is 14.3. The number of fused-ring (bicyclic) bond motifs is 1. The van der Waals surface area contributed by atoms with E-state index in [0.717, 1.165) is 24.0 Å². The van der Waals surface area contributed by atoms with E-state index in [0.29, 0.717) is 18.1 Å². The molecule has 3 aromatic carbocycles. The fourth-order valence-electron chi connectivity index (χ4n) is 4.96. The summed E-state index contributed by atoms with van der Waals surface area (Å²) in [6.07, 6.45) is 3.03. The lowest BCUT2D eigenvalue weighted by atomic mass is 9.92. The van der Waals surface area contributed by atoms with Gasteiger partial charge in [0.25, 0.3) is 0 Å². The maximum Gasteiger partial charge on any atom is 0.248 e. The predicted molar refractivity (Wildman–Crippen MR) is 139 cm³/mol. The fraction of sp³-hybridized carbons (Fsp3) is 0.308. The molecule has 0 amide bonds. The summed E-state index contributed by atoms with van der Waals surface area (Å²) in [6.45, 7) is 3.83. The molecule has 0 aromatic heterocycles. The van der Waals surface area contributed by atoms with Gasteiger partial charge in [0.05, 0.1) is 9.79 Å². The van der Waals surface area contributed by atoms with Crippen molar-refractivity contribution in [1.82, 2.24) is 8.15 Å². The molecule has 0 spiro atoms. The largest absolute Gasteiger partial charge is 0.248 e. The van der Waals surface area contributed by atoms with Crippen LogP contribution in [0.15, 0.2) is 88.7 Å². The van der Waals surface area contributed by atoms with Crippen LogP contribution >= 0.6 is 8.22 Å². The predicted octanol–water partition coefficient (Wildman–Crippen LogP) is 4.95. The standard InChI is InChI=1S/C26H29N2O4PS2/c1-20-12-16-23(17-13-20)34(29,30)27-25-10-6-7-11-26(25)28(33(27)22-8-4-3-5-9-22)35(31,32)24-18-14-21(2)15-19-24/h3-5,8-9,12-19,25-26H,6-7,10-11H2,1-2H3/t25-,26-/m1/s1. The van der Waals surface area contributed by atoms with Gasteiger partial charge in [0.15, 0.2) is 0 Å². The van der Waals surface area contributed by atoms with Gasteiger partial charge in [-0.3, -0.25) is 0 Å². The summed E-state index contributed by atoms with van der Waals surface area (Å²) in [5.41, 5.74) is 1.93. The molecule has 2 aliphatic rings. The van der Waals surface area contributed by atoms with Gasteiger partial charge >= 0.3 is 0 Å². The molecule has 0 N–H and O–H groups in total. The van der Waals surface area contributed by atoms with Crippen LogP contribution < -0.4 is 5.30 Å². The summed E-state index contributed by atoms with van der Waals surface area (Å²) in [4.78, 5) is 0.399. The molecule has 2 atom stereocenters. The van der Waals surface area contributed by atoms with Crippen LogP contribution in [-0.4, -0.2) is 37.1 Å². The second-order valence-corrected chi connectivity index (χ2v) is 15.4. The minimum absolute atomic E-state index is 0.199. The third-order valence-electron chi connectivity index (χ3n) is 6.75. The zero-order valence-electron chi connectivity index (χ0n) is 19.8. The first-order valence-electron chi connectivity index (χ1n) is 11.8. The second-order valence-electron chi connectivity index (χ2n) is 9.23. The molecule has 35 heavy (non-hydrogen) atoms. The molecule has 1 aliphatic heterocycles. The van der Waals surface area contributed by atoms with Crippen LogP contribution in [0.3, 0.4) is 0 Å². The molecule has 6 nitrogen and oxygen atoms in total. The number of hydrogen-bond donors (Lipinski definition) is 0. The third kappa shape index (κ3) is 4.36. The van der Waals surface area contributed by atoms with Gasteiger partial charge in [-0.15, -0.1) is 0 Å². The Morgan fingerprint density at radius 3 is 1.43 bits per heavy atom. The van der Waals surface area contributed by atoms with Crippen LogP contribution in [0.4, 0.5) is 0 Å². The average Bonchev–Trinajstić information content (AvgIpc) is 3.22. The Morgan fingerprint density at radius 2 is 1.03 bits per heavy atom. The summed E-state index contributed by atoms with van der Waals surface area (Å²) in [5.74, 6) is 0. The Balaban J connectivity index is 1.72. The Bertz CT molecular complexity index is 1320. The van der Waals surface area contributed by atoms with Gasteiger partial charge in [-0.1, -0.05) is 78.6 Å². The average molecular weight is 529 g/mol. The first kappa shape index (κ1) is 24.6. The highest BCUT2D eigenvalue weighted by atomic mass is 32.2. The zero-order valence-corrected chi connectivity index (χ0v) is 22.3. The van der Waals surface area contributed by atoms with E-state index in [1.165, 1.54) is 8.15 Å². The van der Waals surface area contributed by atoms with E-state index in [1.54, 1.807) is 48.5 Å². The van der Waals surface area contributed by atoms with Gasteiger partial charge in [0.2, 0.25) is 20.0 Å². The van der Waals surface area contributed by atoms with Crippen molar-refractivity contribution in [3.8, 4) is 0 Å². The topological polar surface area (TPSA) is 74.8 Å². The van der Waals surface area contributed by atoms with Crippen molar-refractivity contribution in [2.24, 2.45) is 0 Å². The number of aryl methyl sites for hydroxylation is 2. The lowest BCUT2D eigenvalue weighted by Crippen LogP contribution is -2.43. The fourth-order valence-corrected chi connectivity index (χ4v) is 13.1. The second kappa shape index (κ2) is 9.41. The van der Waals surface area contributed by atoms with Crippen LogP contribution in [-0.2, 0) is 20.0 Å². The van der Waals surface area contributed by atoms with Crippen LogP contribution in [0, 0.1) is 13.8 Å². The maximum absolute atomic E-state index is 14.2. The molecule has 3 aromatic rings. The first-order chi connectivity index (χ1) is 16.7. The van der Waals surface area contributed by atoms with E-state index in [2.05, 4.69) is 0 Å². The van der Waals surface area contributed by atoms with E-state index >= 15 is 0 Å². The van der Waals surface area contributed by atoms with E-state index in [1.807, 2.05) is 44.2 Å². The molecule has 0 unspecified atom stereocenters. The van der Waals surface area contributed by atoms with Crippen molar-refractivity contribution in [2.45, 2.75) is 61.4 Å². The highest BCUT2D eigenvalue weighted by molar-refractivity contribution is 8.00. The number of rotatable bonds is 5. The SMILES string of the molecule is Cc1ccc(S(=O)(=O)N2[C@@H]3CCCC[C@H]3N(S(=O)(=O)c3ccc(C)cc3)P2c2ccccc2)cc1. The smallest absolute Gasteiger partial charge is 0.207 e. The van der Waals surface area contributed by atoms with E-state index < -0.39 is 40.4 Å². The Kier molecular flexibility index (Phi) is 6.62. The van der Waals surface area contributed by atoms with Crippen LogP contribution in [0.2, 0.25) is 0 Å². The Hall–Kier alpha value is -2.09. The van der Waals surface area contributed by atoms with Crippen LogP contribution in [0.25, 0.3) is 0 Å². The molecular formula is C26H29N2O4PS2. The molecule has 2 fully saturated rings. The van der Waals surface area contributed by atoms with Gasteiger partial charge in [-0.2, -0.15) is 8.15 Å². The lowest BCUT2D eigenvalue weighted by molar-refractivity contribution is 0.278. The summed E-state index contributed by atoms with van der Waals surface area (Å²) >= 11 is 0. The number of benzene rings is 3. The zero-order chi connectivity index (χ0) is 24.8. The van der Waals surface area contributed by atoms with Crippen LogP contribution in [0.1, 0.15) is 36.8 Å². The summed E-state index contributed by atoms with van der Waals surface area (Å²) in [5, 5.41) is 0.711. The van der Waals surface area contributed by atoms with Gasteiger partial charge in [-0.05, 0) is 51.0 Å². The van der Waals surface area contributed by atoms with Gasteiger partial charge < -0.3 is 0 Å². The molecule has 5 rings (SSSR count). The minimum atomic E-state index is -3.95. The summed E-state index contributed by atoms with van der Waals surface area (Å²) in [7, 11) is -9.76. The molecular weight excluding hydrogens is 499 g/mol. The van der Waals surface area contributed by atoms with Crippen molar-refractivity contribution < 1.29 is 16.8 Å². The quantitative estimate of drug-likeness (QED) is 0.440. The highest BCUT2D eigenvalue weighted by Crippen LogP contribution is 2.61. The minimum Gasteiger partial charge on any atom is -0.207 e.